The average Bonchev–Trinajstić information content (AvgIpc) is 2.82. The number of hydrogen-bond donors (Lipinski definition) is 1. The molecule has 3 aliphatic heterocycles. The van der Waals surface area contributed by atoms with E-state index < -0.39 is 11.4 Å². The molecule has 3 rings (SSSR count). The largest absolute Gasteiger partial charge is 0.481 e. The molecule has 20 heavy (non-hydrogen) atoms. The van der Waals surface area contributed by atoms with Crippen LogP contribution in [0.25, 0.3) is 0 Å². The molecule has 3 heterocycles. The minimum atomic E-state index is -0.693. The van der Waals surface area contributed by atoms with E-state index in [9.17, 15) is 9.90 Å². The number of ether oxygens (including phenoxy) is 2. The van der Waals surface area contributed by atoms with Gasteiger partial charge < -0.3 is 14.6 Å². The second-order valence-electron chi connectivity index (χ2n) is 6.44. The molecule has 4 nitrogen and oxygen atoms in total. The summed E-state index contributed by atoms with van der Waals surface area (Å²) in [7, 11) is 0. The predicted octanol–water partition coefficient (Wildman–Crippen LogP) is 2.56. The Morgan fingerprint density at radius 1 is 1.25 bits per heavy atom. The van der Waals surface area contributed by atoms with Crippen molar-refractivity contribution in [3.05, 3.63) is 0 Å². The molecule has 0 aromatic carbocycles. The quantitative estimate of drug-likeness (QED) is 0.849. The van der Waals surface area contributed by atoms with Crippen molar-refractivity contribution in [1.29, 1.82) is 0 Å². The molecule has 0 radical (unpaired) electrons. The van der Waals surface area contributed by atoms with Crippen LogP contribution in [0, 0.1) is 11.3 Å². The molecule has 0 saturated carbocycles. The van der Waals surface area contributed by atoms with E-state index in [2.05, 4.69) is 0 Å². The van der Waals surface area contributed by atoms with Gasteiger partial charge in [-0.2, -0.15) is 11.8 Å². The first-order chi connectivity index (χ1) is 9.59. The first kappa shape index (κ1) is 14.7. The van der Waals surface area contributed by atoms with E-state index in [1.54, 1.807) is 0 Å². The second-order valence-corrected chi connectivity index (χ2v) is 7.67. The second kappa shape index (κ2) is 5.50. The summed E-state index contributed by atoms with van der Waals surface area (Å²) in [5, 5.41) is 9.85. The van der Waals surface area contributed by atoms with Crippen LogP contribution in [0.15, 0.2) is 0 Å². The summed E-state index contributed by atoms with van der Waals surface area (Å²) in [6.45, 7) is 3.21. The molecule has 3 atom stereocenters. The summed E-state index contributed by atoms with van der Waals surface area (Å²) in [5.41, 5.74) is -0.750. The third-order valence-electron chi connectivity index (χ3n) is 5.63. The van der Waals surface area contributed by atoms with E-state index in [1.165, 1.54) is 0 Å². The Kier molecular flexibility index (Phi) is 4.04. The molecule has 3 saturated heterocycles. The van der Waals surface area contributed by atoms with Gasteiger partial charge in [-0.1, -0.05) is 0 Å². The predicted molar refractivity (Wildman–Crippen MR) is 78.1 cm³/mol. The van der Waals surface area contributed by atoms with E-state index in [4.69, 9.17) is 9.47 Å². The molecule has 1 N–H and O–H groups in total. The minimum absolute atomic E-state index is 0.0566. The Morgan fingerprint density at radius 2 is 2.00 bits per heavy atom. The molecule has 3 aliphatic rings. The number of hydrogen-bond acceptors (Lipinski definition) is 4. The highest BCUT2D eigenvalue weighted by atomic mass is 32.2. The minimum Gasteiger partial charge on any atom is -0.481 e. The van der Waals surface area contributed by atoms with Crippen LogP contribution in [0.2, 0.25) is 0 Å². The normalized spacial score (nSPS) is 40.9. The molecule has 0 aliphatic carbocycles. The third-order valence-corrected chi connectivity index (χ3v) is 6.62. The molecule has 3 unspecified atom stereocenters. The van der Waals surface area contributed by atoms with Gasteiger partial charge in [0.05, 0.1) is 17.1 Å². The first-order valence-electron chi connectivity index (χ1n) is 7.66. The Morgan fingerprint density at radius 3 is 2.60 bits per heavy atom. The zero-order valence-electron chi connectivity index (χ0n) is 12.1. The Hall–Kier alpha value is -0.260. The zero-order chi connectivity index (χ0) is 14.2. The molecule has 114 valence electrons. The van der Waals surface area contributed by atoms with Gasteiger partial charge in [0.25, 0.3) is 0 Å². The SMILES string of the molecule is CC1OCCC1(C(=O)O)C1CCOC2(CCSCC2)C1. The maximum Gasteiger partial charge on any atom is 0.312 e. The maximum atomic E-state index is 12.0. The summed E-state index contributed by atoms with van der Waals surface area (Å²) in [5.74, 6) is 1.79. The van der Waals surface area contributed by atoms with Crippen molar-refractivity contribution in [3.8, 4) is 0 Å². The van der Waals surface area contributed by atoms with Crippen LogP contribution < -0.4 is 0 Å². The van der Waals surface area contributed by atoms with Crippen molar-refractivity contribution in [2.45, 2.75) is 50.7 Å². The van der Waals surface area contributed by atoms with Gasteiger partial charge in [-0.05, 0) is 56.5 Å². The van der Waals surface area contributed by atoms with E-state index in [1.807, 2.05) is 18.7 Å². The van der Waals surface area contributed by atoms with Gasteiger partial charge in [0.1, 0.15) is 0 Å². The molecular formula is C15H24O4S. The summed E-state index contributed by atoms with van der Waals surface area (Å²) < 4.78 is 11.7. The number of thioether (sulfide) groups is 1. The lowest BCUT2D eigenvalue weighted by molar-refractivity contribution is -0.170. The Labute approximate surface area is 124 Å². The summed E-state index contributed by atoms with van der Waals surface area (Å²) in [6, 6.07) is 0. The van der Waals surface area contributed by atoms with Crippen molar-refractivity contribution < 1.29 is 19.4 Å². The summed E-state index contributed by atoms with van der Waals surface area (Å²) >= 11 is 1.98. The number of carboxylic acids is 1. The lowest BCUT2D eigenvalue weighted by atomic mass is 9.64. The summed E-state index contributed by atoms with van der Waals surface area (Å²) in [4.78, 5) is 12.0. The molecule has 0 aromatic rings. The molecule has 0 amide bonds. The first-order valence-corrected chi connectivity index (χ1v) is 8.81. The van der Waals surface area contributed by atoms with Gasteiger partial charge in [-0.25, -0.2) is 0 Å². The van der Waals surface area contributed by atoms with E-state index in [0.29, 0.717) is 19.6 Å². The fourth-order valence-electron chi connectivity index (χ4n) is 4.31. The van der Waals surface area contributed by atoms with Gasteiger partial charge in [0.2, 0.25) is 0 Å². The Balaban J connectivity index is 1.83. The van der Waals surface area contributed by atoms with Crippen LogP contribution in [-0.4, -0.2) is 47.5 Å². The molecule has 1 spiro atoms. The third kappa shape index (κ3) is 2.28. The topological polar surface area (TPSA) is 55.8 Å². The van der Waals surface area contributed by atoms with Crippen LogP contribution in [0.3, 0.4) is 0 Å². The lowest BCUT2D eigenvalue weighted by Crippen LogP contribution is -2.52. The van der Waals surface area contributed by atoms with E-state index >= 15 is 0 Å². The average molecular weight is 300 g/mol. The molecular weight excluding hydrogens is 276 g/mol. The number of rotatable bonds is 2. The monoisotopic (exact) mass is 300 g/mol. The van der Waals surface area contributed by atoms with Gasteiger partial charge in [0.15, 0.2) is 0 Å². The zero-order valence-corrected chi connectivity index (χ0v) is 12.9. The molecule has 0 aromatic heterocycles. The highest BCUT2D eigenvalue weighted by Crippen LogP contribution is 2.51. The standard InChI is InChI=1S/C15H24O4S/c1-11-15(13(16)17,3-7-18-11)12-2-6-19-14(10-12)4-8-20-9-5-14/h11-12H,2-10H2,1H3,(H,16,17). The number of carboxylic acid groups (broad SMARTS) is 1. The van der Waals surface area contributed by atoms with Gasteiger partial charge in [-0.3, -0.25) is 4.79 Å². The van der Waals surface area contributed by atoms with Crippen LogP contribution in [-0.2, 0) is 14.3 Å². The van der Waals surface area contributed by atoms with Gasteiger partial charge in [0, 0.05) is 13.2 Å². The Bertz CT molecular complexity index is 375. The van der Waals surface area contributed by atoms with Crippen molar-refractivity contribution in [3.63, 3.8) is 0 Å². The summed E-state index contributed by atoms with van der Waals surface area (Å²) in [6.07, 6.45) is 4.36. The fraction of sp³-hybridized carbons (Fsp3) is 0.933. The highest BCUT2D eigenvalue weighted by Gasteiger charge is 2.56. The van der Waals surface area contributed by atoms with Gasteiger partial charge >= 0.3 is 5.97 Å². The van der Waals surface area contributed by atoms with Crippen LogP contribution in [0.5, 0.6) is 0 Å². The number of carbonyl (C=O) groups is 1. The highest BCUT2D eigenvalue weighted by molar-refractivity contribution is 7.99. The van der Waals surface area contributed by atoms with Crippen LogP contribution in [0.4, 0.5) is 0 Å². The molecule has 0 bridgehead atoms. The van der Waals surface area contributed by atoms with Crippen molar-refractivity contribution in [1.82, 2.24) is 0 Å². The van der Waals surface area contributed by atoms with Gasteiger partial charge in [-0.15, -0.1) is 0 Å². The van der Waals surface area contributed by atoms with E-state index in [-0.39, 0.29) is 17.6 Å². The number of aliphatic carboxylic acids is 1. The molecule has 5 heteroatoms. The lowest BCUT2D eigenvalue weighted by Gasteiger charge is -2.48. The maximum absolute atomic E-state index is 12.0. The van der Waals surface area contributed by atoms with Crippen LogP contribution >= 0.6 is 11.8 Å². The van der Waals surface area contributed by atoms with Crippen LogP contribution in [0.1, 0.15) is 39.0 Å². The smallest absolute Gasteiger partial charge is 0.312 e. The van der Waals surface area contributed by atoms with E-state index in [0.717, 1.165) is 37.2 Å². The van der Waals surface area contributed by atoms with Crippen molar-refractivity contribution >= 4 is 17.7 Å². The molecule has 3 fully saturated rings. The fourth-order valence-corrected chi connectivity index (χ4v) is 5.54. The van der Waals surface area contributed by atoms with Crippen molar-refractivity contribution in [2.75, 3.05) is 24.7 Å². The van der Waals surface area contributed by atoms with Crippen molar-refractivity contribution in [2.24, 2.45) is 11.3 Å².